The molecular weight excluding hydrogens is 176 g/mol. The van der Waals surface area contributed by atoms with E-state index in [1.165, 1.54) is 0 Å². The molecule has 3 atom stereocenters. The van der Waals surface area contributed by atoms with Crippen molar-refractivity contribution in [2.75, 3.05) is 6.61 Å². The maximum Gasteiger partial charge on any atom is 0.0679 e. The molecule has 1 fully saturated rings. The van der Waals surface area contributed by atoms with Gasteiger partial charge in [0, 0.05) is 13.0 Å². The van der Waals surface area contributed by atoms with Crippen molar-refractivity contribution in [3.8, 4) is 0 Å². The fourth-order valence-corrected chi connectivity index (χ4v) is 2.62. The van der Waals surface area contributed by atoms with Crippen LogP contribution in [0.15, 0.2) is 0 Å². The molecule has 0 aliphatic heterocycles. The minimum atomic E-state index is -0.180. The Bertz CT molecular complexity index is 179. The molecule has 0 saturated heterocycles. The van der Waals surface area contributed by atoms with Crippen molar-refractivity contribution in [2.45, 2.75) is 58.7 Å². The zero-order valence-electron chi connectivity index (χ0n) is 9.92. The minimum Gasteiger partial charge on any atom is -0.393 e. The quantitative estimate of drug-likeness (QED) is 0.759. The first kappa shape index (κ1) is 12.0. The lowest BCUT2D eigenvalue weighted by Crippen LogP contribution is -2.43. The van der Waals surface area contributed by atoms with E-state index in [4.69, 9.17) is 4.74 Å². The SMILES string of the molecule is CCO[C@]1(C)CC[C@@H](C(C)C)[C@H](O)C1. The van der Waals surface area contributed by atoms with Crippen LogP contribution in [0.2, 0.25) is 0 Å². The van der Waals surface area contributed by atoms with Crippen molar-refractivity contribution < 1.29 is 9.84 Å². The third-order valence-electron chi connectivity index (χ3n) is 3.49. The van der Waals surface area contributed by atoms with Crippen LogP contribution in [0, 0.1) is 11.8 Å². The molecule has 2 nitrogen and oxygen atoms in total. The van der Waals surface area contributed by atoms with Gasteiger partial charge in [0.15, 0.2) is 0 Å². The van der Waals surface area contributed by atoms with Crippen LogP contribution in [0.3, 0.4) is 0 Å². The molecule has 84 valence electrons. The second-order valence-electron chi connectivity index (χ2n) is 5.10. The van der Waals surface area contributed by atoms with Crippen LogP contribution in [-0.2, 0) is 4.74 Å². The molecule has 1 N–H and O–H groups in total. The van der Waals surface area contributed by atoms with E-state index < -0.39 is 0 Å². The maximum atomic E-state index is 10.0. The fraction of sp³-hybridized carbons (Fsp3) is 1.00. The molecule has 0 heterocycles. The molecule has 0 bridgehead atoms. The zero-order valence-corrected chi connectivity index (χ0v) is 9.92. The van der Waals surface area contributed by atoms with Gasteiger partial charge in [-0.25, -0.2) is 0 Å². The Balaban J connectivity index is 2.53. The second-order valence-corrected chi connectivity index (χ2v) is 5.10. The molecule has 1 aliphatic carbocycles. The van der Waals surface area contributed by atoms with Crippen LogP contribution >= 0.6 is 0 Å². The highest BCUT2D eigenvalue weighted by molar-refractivity contribution is 4.89. The van der Waals surface area contributed by atoms with Gasteiger partial charge in [-0.3, -0.25) is 0 Å². The maximum absolute atomic E-state index is 10.0. The van der Waals surface area contributed by atoms with Crippen molar-refractivity contribution in [3.63, 3.8) is 0 Å². The summed E-state index contributed by atoms with van der Waals surface area (Å²) in [5.74, 6) is 1.04. The predicted octanol–water partition coefficient (Wildman–Crippen LogP) is 2.60. The van der Waals surface area contributed by atoms with Crippen LogP contribution < -0.4 is 0 Å². The molecule has 0 unspecified atom stereocenters. The molecule has 0 aromatic carbocycles. The first-order chi connectivity index (χ1) is 6.48. The first-order valence-electron chi connectivity index (χ1n) is 5.80. The molecule has 0 aromatic rings. The van der Waals surface area contributed by atoms with Gasteiger partial charge < -0.3 is 9.84 Å². The van der Waals surface area contributed by atoms with Crippen LogP contribution in [0.25, 0.3) is 0 Å². The lowest BCUT2D eigenvalue weighted by molar-refractivity contribution is -0.106. The van der Waals surface area contributed by atoms with Gasteiger partial charge in [-0.1, -0.05) is 13.8 Å². The molecule has 14 heavy (non-hydrogen) atoms. The van der Waals surface area contributed by atoms with Crippen LogP contribution in [-0.4, -0.2) is 23.4 Å². The molecule has 0 radical (unpaired) electrons. The summed E-state index contributed by atoms with van der Waals surface area (Å²) >= 11 is 0. The van der Waals surface area contributed by atoms with Gasteiger partial charge in [-0.05, 0) is 38.5 Å². The monoisotopic (exact) mass is 200 g/mol. The van der Waals surface area contributed by atoms with Crippen LogP contribution in [0.1, 0.15) is 47.0 Å². The largest absolute Gasteiger partial charge is 0.393 e. The molecule has 0 spiro atoms. The van der Waals surface area contributed by atoms with E-state index in [2.05, 4.69) is 20.8 Å². The molecular formula is C12H24O2. The van der Waals surface area contributed by atoms with Gasteiger partial charge in [0.2, 0.25) is 0 Å². The van der Waals surface area contributed by atoms with Crippen molar-refractivity contribution in [2.24, 2.45) is 11.8 Å². The summed E-state index contributed by atoms with van der Waals surface area (Å²) in [6.07, 6.45) is 2.79. The molecule has 0 amide bonds. The Morgan fingerprint density at radius 2 is 2.14 bits per heavy atom. The molecule has 2 heteroatoms. The molecule has 0 aromatic heterocycles. The van der Waals surface area contributed by atoms with Gasteiger partial charge in [0.1, 0.15) is 0 Å². The van der Waals surface area contributed by atoms with Crippen molar-refractivity contribution in [3.05, 3.63) is 0 Å². The molecule has 1 saturated carbocycles. The average Bonchev–Trinajstić information content (AvgIpc) is 2.02. The van der Waals surface area contributed by atoms with E-state index >= 15 is 0 Å². The topological polar surface area (TPSA) is 29.5 Å². The zero-order chi connectivity index (χ0) is 10.8. The Morgan fingerprint density at radius 3 is 2.57 bits per heavy atom. The average molecular weight is 200 g/mol. The third-order valence-corrected chi connectivity index (χ3v) is 3.49. The number of hydrogen-bond acceptors (Lipinski definition) is 2. The van der Waals surface area contributed by atoms with Gasteiger partial charge >= 0.3 is 0 Å². The summed E-state index contributed by atoms with van der Waals surface area (Å²) in [6.45, 7) is 9.27. The number of rotatable bonds is 3. The predicted molar refractivity (Wildman–Crippen MR) is 58.2 cm³/mol. The summed E-state index contributed by atoms with van der Waals surface area (Å²) in [4.78, 5) is 0. The Kier molecular flexibility index (Phi) is 3.96. The second kappa shape index (κ2) is 4.63. The molecule has 1 aliphatic rings. The van der Waals surface area contributed by atoms with Crippen molar-refractivity contribution >= 4 is 0 Å². The summed E-state index contributed by atoms with van der Waals surface area (Å²) in [6, 6.07) is 0. The van der Waals surface area contributed by atoms with Gasteiger partial charge in [0.25, 0.3) is 0 Å². The van der Waals surface area contributed by atoms with Crippen molar-refractivity contribution in [1.82, 2.24) is 0 Å². The smallest absolute Gasteiger partial charge is 0.0679 e. The number of hydrogen-bond donors (Lipinski definition) is 1. The molecule has 1 rings (SSSR count). The minimum absolute atomic E-state index is 0.0838. The van der Waals surface area contributed by atoms with E-state index in [9.17, 15) is 5.11 Å². The highest BCUT2D eigenvalue weighted by atomic mass is 16.5. The van der Waals surface area contributed by atoms with Gasteiger partial charge in [-0.2, -0.15) is 0 Å². The number of ether oxygens (including phenoxy) is 1. The summed E-state index contributed by atoms with van der Waals surface area (Å²) in [5.41, 5.74) is -0.0838. The van der Waals surface area contributed by atoms with Gasteiger partial charge in [-0.15, -0.1) is 0 Å². The fourth-order valence-electron chi connectivity index (χ4n) is 2.62. The lowest BCUT2D eigenvalue weighted by atomic mass is 9.73. The van der Waals surface area contributed by atoms with E-state index in [1.807, 2.05) is 6.92 Å². The van der Waals surface area contributed by atoms with E-state index in [0.717, 1.165) is 25.9 Å². The number of aliphatic hydroxyl groups excluding tert-OH is 1. The highest BCUT2D eigenvalue weighted by Gasteiger charge is 2.38. The summed E-state index contributed by atoms with van der Waals surface area (Å²) < 4.78 is 5.71. The summed E-state index contributed by atoms with van der Waals surface area (Å²) in [7, 11) is 0. The first-order valence-corrected chi connectivity index (χ1v) is 5.80. The van der Waals surface area contributed by atoms with E-state index in [-0.39, 0.29) is 11.7 Å². The van der Waals surface area contributed by atoms with E-state index in [0.29, 0.717) is 11.8 Å². The van der Waals surface area contributed by atoms with Crippen LogP contribution in [0.5, 0.6) is 0 Å². The number of aliphatic hydroxyl groups is 1. The van der Waals surface area contributed by atoms with Gasteiger partial charge in [0.05, 0.1) is 11.7 Å². The Morgan fingerprint density at radius 1 is 1.50 bits per heavy atom. The highest BCUT2D eigenvalue weighted by Crippen LogP contribution is 2.37. The van der Waals surface area contributed by atoms with Crippen molar-refractivity contribution in [1.29, 1.82) is 0 Å². The lowest BCUT2D eigenvalue weighted by Gasteiger charge is -2.41. The van der Waals surface area contributed by atoms with Crippen LogP contribution in [0.4, 0.5) is 0 Å². The Labute approximate surface area is 87.7 Å². The normalized spacial score (nSPS) is 39.0. The third kappa shape index (κ3) is 2.71. The Hall–Kier alpha value is -0.0800. The summed E-state index contributed by atoms with van der Waals surface area (Å²) in [5, 5.41) is 10.0. The van der Waals surface area contributed by atoms with E-state index in [1.54, 1.807) is 0 Å². The standard InChI is InChI=1S/C12H24O2/c1-5-14-12(4)7-6-10(9(2)3)11(13)8-12/h9-11,13H,5-8H2,1-4H3/t10-,11+,12+/m0/s1.